The molecule has 114 valence electrons. The van der Waals surface area contributed by atoms with Gasteiger partial charge in [0.1, 0.15) is 10.6 Å². The highest BCUT2D eigenvalue weighted by molar-refractivity contribution is 7.92. The van der Waals surface area contributed by atoms with Crippen molar-refractivity contribution in [1.82, 2.24) is 9.72 Å². The molecule has 2 N–H and O–H groups in total. The van der Waals surface area contributed by atoms with Gasteiger partial charge in [-0.1, -0.05) is 5.16 Å². The summed E-state index contributed by atoms with van der Waals surface area (Å²) in [5.74, 6) is -1.17. The quantitative estimate of drug-likeness (QED) is 0.866. The van der Waals surface area contributed by atoms with Crippen molar-refractivity contribution in [1.29, 1.82) is 0 Å². The number of carboxylic acids is 1. The summed E-state index contributed by atoms with van der Waals surface area (Å²) in [7, 11) is -3.94. The van der Waals surface area contributed by atoms with Crippen LogP contribution in [0.4, 0.5) is 5.88 Å². The average Bonchev–Trinajstić information content (AvgIpc) is 2.98. The van der Waals surface area contributed by atoms with Gasteiger partial charge in [-0.2, -0.15) is 0 Å². The highest BCUT2D eigenvalue weighted by Crippen LogP contribution is 2.23. The lowest BCUT2D eigenvalue weighted by Crippen LogP contribution is -2.12. The lowest BCUT2D eigenvalue weighted by Gasteiger charge is -2.03. The van der Waals surface area contributed by atoms with Gasteiger partial charge in [0.2, 0.25) is 5.88 Å². The third kappa shape index (κ3) is 2.77. The third-order valence-electron chi connectivity index (χ3n) is 3.13. The van der Waals surface area contributed by atoms with Gasteiger partial charge >= 0.3 is 5.97 Å². The number of nitrogens with one attached hydrogen (secondary N) is 1. The van der Waals surface area contributed by atoms with E-state index in [0.29, 0.717) is 17.8 Å². The maximum Gasteiger partial charge on any atom is 0.352 e. The molecule has 0 saturated carbocycles. The molecule has 0 radical (unpaired) electrons. The maximum atomic E-state index is 12.3. The fraction of sp³-hybridized carbons (Fsp3) is 0.333. The lowest BCUT2D eigenvalue weighted by atomic mass is 10.3. The number of aryl methyl sites for hydroxylation is 2. The first-order chi connectivity index (χ1) is 9.76. The zero-order chi connectivity index (χ0) is 15.8. The fourth-order valence-electron chi connectivity index (χ4n) is 1.76. The van der Waals surface area contributed by atoms with Gasteiger partial charge in [0.15, 0.2) is 0 Å². The van der Waals surface area contributed by atoms with Gasteiger partial charge in [-0.3, -0.25) is 0 Å². The number of aromatic carboxylic acids is 1. The monoisotopic (exact) mass is 313 g/mol. The smallest absolute Gasteiger partial charge is 0.352 e. The minimum absolute atomic E-state index is 0.0219. The van der Waals surface area contributed by atoms with Crippen LogP contribution in [0, 0.1) is 13.8 Å². The number of sulfonamides is 1. The van der Waals surface area contributed by atoms with Crippen LogP contribution in [0.15, 0.2) is 21.7 Å². The molecule has 0 amide bonds. The van der Waals surface area contributed by atoms with Gasteiger partial charge < -0.3 is 14.2 Å². The van der Waals surface area contributed by atoms with E-state index in [2.05, 4.69) is 9.88 Å². The molecule has 0 aromatic carbocycles. The van der Waals surface area contributed by atoms with E-state index in [9.17, 15) is 13.2 Å². The molecule has 0 bridgehead atoms. The van der Waals surface area contributed by atoms with E-state index in [0.717, 1.165) is 6.07 Å². The number of carbonyl (C=O) groups is 1. The Hall–Kier alpha value is -2.29. The predicted molar refractivity (Wildman–Crippen MR) is 73.9 cm³/mol. The van der Waals surface area contributed by atoms with Crippen LogP contribution in [-0.4, -0.2) is 29.2 Å². The summed E-state index contributed by atoms with van der Waals surface area (Å²) in [5.41, 5.74) is 1.06. The van der Waals surface area contributed by atoms with Crippen molar-refractivity contribution in [3.63, 3.8) is 0 Å². The van der Waals surface area contributed by atoms with Crippen molar-refractivity contribution >= 4 is 21.9 Å². The van der Waals surface area contributed by atoms with Crippen LogP contribution in [0.5, 0.6) is 0 Å². The Morgan fingerprint density at radius 3 is 2.57 bits per heavy atom. The first-order valence-electron chi connectivity index (χ1n) is 6.15. The summed E-state index contributed by atoms with van der Waals surface area (Å²) in [6, 6.07) is 1.10. The molecular weight excluding hydrogens is 298 g/mol. The molecule has 0 aliphatic rings. The second-order valence-electron chi connectivity index (χ2n) is 4.48. The topological polar surface area (TPSA) is 114 Å². The number of carboxylic acid groups (broad SMARTS) is 1. The van der Waals surface area contributed by atoms with Crippen molar-refractivity contribution in [2.75, 3.05) is 4.72 Å². The number of rotatable bonds is 5. The van der Waals surface area contributed by atoms with Crippen molar-refractivity contribution < 1.29 is 22.8 Å². The molecule has 0 spiro atoms. The van der Waals surface area contributed by atoms with Crippen molar-refractivity contribution in [3.05, 3.63) is 29.2 Å². The second-order valence-corrected chi connectivity index (χ2v) is 6.16. The van der Waals surface area contributed by atoms with E-state index in [1.807, 2.05) is 0 Å². The highest BCUT2D eigenvalue weighted by Gasteiger charge is 2.23. The number of anilines is 1. The van der Waals surface area contributed by atoms with Gasteiger partial charge in [0, 0.05) is 18.3 Å². The maximum absolute atomic E-state index is 12.3. The summed E-state index contributed by atoms with van der Waals surface area (Å²) < 4.78 is 33.0. The molecular formula is C12H15N3O5S. The van der Waals surface area contributed by atoms with Crippen LogP contribution in [-0.2, 0) is 16.6 Å². The molecule has 2 heterocycles. The van der Waals surface area contributed by atoms with E-state index in [1.165, 1.54) is 10.8 Å². The molecule has 2 aromatic heterocycles. The van der Waals surface area contributed by atoms with E-state index in [1.54, 1.807) is 20.8 Å². The highest BCUT2D eigenvalue weighted by atomic mass is 32.2. The average molecular weight is 313 g/mol. The summed E-state index contributed by atoms with van der Waals surface area (Å²) in [5, 5.41) is 12.7. The summed E-state index contributed by atoms with van der Waals surface area (Å²) in [6.45, 7) is 5.42. The van der Waals surface area contributed by atoms with E-state index in [4.69, 9.17) is 9.63 Å². The van der Waals surface area contributed by atoms with E-state index in [-0.39, 0.29) is 16.5 Å². The van der Waals surface area contributed by atoms with Gasteiger partial charge in [0.25, 0.3) is 10.0 Å². The molecule has 0 aliphatic carbocycles. The van der Waals surface area contributed by atoms with Gasteiger partial charge in [-0.15, -0.1) is 0 Å². The standard InChI is InChI=1S/C12H15N3O5S/c1-4-15-6-9(5-10(15)12(16)17)21(18,19)14-11-7(2)8(3)13-20-11/h5-6,14H,4H2,1-3H3,(H,16,17). The molecule has 0 unspecified atom stereocenters. The molecule has 21 heavy (non-hydrogen) atoms. The first-order valence-corrected chi connectivity index (χ1v) is 7.63. The van der Waals surface area contributed by atoms with Crippen molar-refractivity contribution in [2.45, 2.75) is 32.2 Å². The summed E-state index contributed by atoms with van der Waals surface area (Å²) in [6.07, 6.45) is 1.27. The Balaban J connectivity index is 2.40. The SMILES string of the molecule is CCn1cc(S(=O)(=O)Nc2onc(C)c2C)cc1C(=O)O. The number of hydrogen-bond acceptors (Lipinski definition) is 5. The fourth-order valence-corrected chi connectivity index (χ4v) is 2.85. The van der Waals surface area contributed by atoms with Crippen LogP contribution in [0.3, 0.4) is 0 Å². The van der Waals surface area contributed by atoms with Crippen molar-refractivity contribution in [2.24, 2.45) is 0 Å². The molecule has 0 atom stereocenters. The number of nitrogens with zero attached hydrogens (tertiary/aromatic N) is 2. The lowest BCUT2D eigenvalue weighted by molar-refractivity contribution is 0.0685. The Kier molecular flexibility index (Phi) is 3.77. The number of aromatic nitrogens is 2. The van der Waals surface area contributed by atoms with Crippen LogP contribution in [0.25, 0.3) is 0 Å². The second kappa shape index (κ2) is 5.24. The Morgan fingerprint density at radius 1 is 1.48 bits per heavy atom. The zero-order valence-corrected chi connectivity index (χ0v) is 12.6. The van der Waals surface area contributed by atoms with Crippen LogP contribution in [0.2, 0.25) is 0 Å². The molecule has 2 rings (SSSR count). The van der Waals surface area contributed by atoms with E-state index >= 15 is 0 Å². The first kappa shape index (κ1) is 15.1. The van der Waals surface area contributed by atoms with Gasteiger partial charge in [-0.25, -0.2) is 17.9 Å². The predicted octanol–water partition coefficient (Wildman–Crippen LogP) is 1.61. The van der Waals surface area contributed by atoms with Crippen molar-refractivity contribution in [3.8, 4) is 0 Å². The zero-order valence-electron chi connectivity index (χ0n) is 11.7. The largest absolute Gasteiger partial charge is 0.477 e. The van der Waals surface area contributed by atoms with Crippen LogP contribution >= 0.6 is 0 Å². The Morgan fingerprint density at radius 2 is 2.14 bits per heavy atom. The molecule has 2 aromatic rings. The molecule has 9 heteroatoms. The van der Waals surface area contributed by atoms with Gasteiger partial charge in [-0.05, 0) is 26.8 Å². The molecule has 8 nitrogen and oxygen atoms in total. The minimum Gasteiger partial charge on any atom is -0.477 e. The third-order valence-corrected chi connectivity index (χ3v) is 4.42. The normalized spacial score (nSPS) is 11.6. The van der Waals surface area contributed by atoms with Crippen LogP contribution < -0.4 is 4.72 Å². The Bertz CT molecular complexity index is 788. The number of hydrogen-bond donors (Lipinski definition) is 2. The van der Waals surface area contributed by atoms with E-state index < -0.39 is 16.0 Å². The summed E-state index contributed by atoms with van der Waals surface area (Å²) >= 11 is 0. The molecule has 0 aliphatic heterocycles. The molecule has 0 saturated heterocycles. The summed E-state index contributed by atoms with van der Waals surface area (Å²) in [4.78, 5) is 10.9. The van der Waals surface area contributed by atoms with Crippen LogP contribution in [0.1, 0.15) is 28.7 Å². The Labute approximate surface area is 121 Å². The molecule has 0 fully saturated rings. The van der Waals surface area contributed by atoms with Gasteiger partial charge in [0.05, 0.1) is 5.69 Å². The minimum atomic E-state index is -3.94.